The second-order valence-electron chi connectivity index (χ2n) is 12.0. The Morgan fingerprint density at radius 3 is 2.30 bits per heavy atom. The average molecular weight is 563 g/mol. The van der Waals surface area contributed by atoms with Crippen LogP contribution < -0.4 is 21.3 Å². The third-order valence-corrected chi connectivity index (χ3v) is 7.25. The van der Waals surface area contributed by atoms with Gasteiger partial charge in [-0.2, -0.15) is 0 Å². The van der Waals surface area contributed by atoms with Gasteiger partial charge in [0.15, 0.2) is 0 Å². The van der Waals surface area contributed by atoms with Crippen molar-refractivity contribution in [2.75, 3.05) is 6.54 Å². The van der Waals surface area contributed by atoms with E-state index >= 15 is 0 Å². The number of benzene rings is 1. The van der Waals surface area contributed by atoms with Gasteiger partial charge in [-0.05, 0) is 61.5 Å². The molecule has 1 saturated heterocycles. The van der Waals surface area contributed by atoms with E-state index in [0.29, 0.717) is 19.4 Å². The van der Waals surface area contributed by atoms with Crippen molar-refractivity contribution < 1.29 is 32.8 Å². The number of hydrogen-bond acceptors (Lipinski definition) is 5. The van der Waals surface area contributed by atoms with Gasteiger partial charge in [-0.3, -0.25) is 24.0 Å². The van der Waals surface area contributed by atoms with E-state index < -0.39 is 64.5 Å². The number of carbonyl (C=O) groups excluding carboxylic acids is 5. The molecule has 9 nitrogen and oxygen atoms in total. The van der Waals surface area contributed by atoms with Gasteiger partial charge in [-0.1, -0.05) is 33.8 Å². The number of carbonyl (C=O) groups is 5. The fourth-order valence-electron chi connectivity index (χ4n) is 4.91. The Kier molecular flexibility index (Phi) is 10.4. The van der Waals surface area contributed by atoms with Crippen LogP contribution in [0.4, 0.5) is 8.78 Å². The maximum absolute atomic E-state index is 14.4. The van der Waals surface area contributed by atoms with Crippen molar-refractivity contribution in [2.24, 2.45) is 11.3 Å². The lowest BCUT2D eigenvalue weighted by molar-refractivity contribution is -0.141. The molecule has 220 valence electrons. The molecule has 2 aliphatic rings. The number of halogens is 2. The van der Waals surface area contributed by atoms with Crippen molar-refractivity contribution in [3.63, 3.8) is 0 Å². The summed E-state index contributed by atoms with van der Waals surface area (Å²) >= 11 is 0. The lowest BCUT2D eigenvalue weighted by atomic mass is 9.87. The van der Waals surface area contributed by atoms with Crippen molar-refractivity contribution in [2.45, 2.75) is 96.7 Å². The third-order valence-electron chi connectivity index (χ3n) is 7.25. The van der Waals surface area contributed by atoms with Gasteiger partial charge in [0.05, 0.1) is 6.04 Å². The summed E-state index contributed by atoms with van der Waals surface area (Å²) in [6.45, 7) is 7.88. The fraction of sp³-hybridized carbons (Fsp3) is 0.621. The van der Waals surface area contributed by atoms with Gasteiger partial charge < -0.3 is 21.3 Å². The molecule has 1 aliphatic heterocycles. The monoisotopic (exact) mass is 562 g/mol. The van der Waals surface area contributed by atoms with Crippen molar-refractivity contribution in [3.8, 4) is 0 Å². The molecule has 0 radical (unpaired) electrons. The highest BCUT2D eigenvalue weighted by molar-refractivity contribution is 6.38. The zero-order valence-corrected chi connectivity index (χ0v) is 23.6. The van der Waals surface area contributed by atoms with Crippen molar-refractivity contribution in [3.05, 3.63) is 35.4 Å². The predicted molar refractivity (Wildman–Crippen MR) is 144 cm³/mol. The Morgan fingerprint density at radius 2 is 1.75 bits per heavy atom. The van der Waals surface area contributed by atoms with E-state index in [9.17, 15) is 32.8 Å². The Bertz CT molecular complexity index is 1130. The molecule has 11 heteroatoms. The van der Waals surface area contributed by atoms with Gasteiger partial charge in [0.25, 0.3) is 5.91 Å². The second-order valence-corrected chi connectivity index (χ2v) is 12.0. The maximum atomic E-state index is 14.4. The molecule has 0 spiro atoms. The van der Waals surface area contributed by atoms with Crippen molar-refractivity contribution in [1.29, 1.82) is 0 Å². The summed E-state index contributed by atoms with van der Waals surface area (Å²) in [5.41, 5.74) is -0.200. The van der Waals surface area contributed by atoms with E-state index in [0.717, 1.165) is 25.0 Å². The van der Waals surface area contributed by atoms with Gasteiger partial charge in [0.1, 0.15) is 17.7 Å². The van der Waals surface area contributed by atoms with E-state index in [1.54, 1.807) is 6.92 Å². The molecule has 2 fully saturated rings. The lowest BCUT2D eigenvalue weighted by Gasteiger charge is -2.29. The number of nitrogens with one attached hydrogen (secondary N) is 4. The van der Waals surface area contributed by atoms with Crippen LogP contribution in [0, 0.1) is 23.0 Å². The first-order valence-electron chi connectivity index (χ1n) is 13.9. The minimum atomic E-state index is -1.24. The molecule has 3 unspecified atom stereocenters. The minimum absolute atomic E-state index is 0.0353. The highest BCUT2D eigenvalue weighted by Gasteiger charge is 2.37. The topological polar surface area (TPSA) is 133 Å². The molecule has 1 aliphatic carbocycles. The van der Waals surface area contributed by atoms with Crippen LogP contribution in [0.3, 0.4) is 0 Å². The first kappa shape index (κ1) is 31.2. The Morgan fingerprint density at radius 1 is 1.05 bits per heavy atom. The molecule has 4 N–H and O–H groups in total. The summed E-state index contributed by atoms with van der Waals surface area (Å²) in [4.78, 5) is 64.4. The van der Waals surface area contributed by atoms with E-state index in [4.69, 9.17) is 0 Å². The number of ketones is 1. The van der Waals surface area contributed by atoms with E-state index in [2.05, 4.69) is 21.3 Å². The summed E-state index contributed by atoms with van der Waals surface area (Å²) in [6.07, 6.45) is 2.48. The summed E-state index contributed by atoms with van der Waals surface area (Å²) in [6, 6.07) is 0.863. The van der Waals surface area contributed by atoms with Gasteiger partial charge in [-0.25, -0.2) is 8.78 Å². The number of hydrogen-bond donors (Lipinski definition) is 4. The molecular weight excluding hydrogens is 522 g/mol. The predicted octanol–water partition coefficient (Wildman–Crippen LogP) is 2.63. The molecule has 1 aromatic carbocycles. The van der Waals surface area contributed by atoms with Crippen LogP contribution in [0.25, 0.3) is 0 Å². The number of Topliss-reactive ketones (excluding diaryl/α,β-unsaturated/α-hetero) is 1. The molecule has 1 saturated carbocycles. The van der Waals surface area contributed by atoms with Crippen LogP contribution in [0.1, 0.15) is 84.1 Å². The molecule has 0 aromatic heterocycles. The van der Waals surface area contributed by atoms with E-state index in [-0.39, 0.29) is 36.8 Å². The molecule has 1 heterocycles. The Labute approximate surface area is 233 Å². The molecule has 1 aromatic rings. The molecule has 4 atom stereocenters. The normalized spacial score (nSPS) is 19.2. The number of amides is 4. The Balaban J connectivity index is 1.75. The highest BCUT2D eigenvalue weighted by Crippen LogP contribution is 2.27. The maximum Gasteiger partial charge on any atom is 0.289 e. The van der Waals surface area contributed by atoms with Crippen LogP contribution in [-0.2, 0) is 24.0 Å². The third kappa shape index (κ3) is 9.09. The zero-order valence-electron chi connectivity index (χ0n) is 23.6. The lowest BCUT2D eigenvalue weighted by Crippen LogP contribution is -2.55. The first-order chi connectivity index (χ1) is 18.8. The second kappa shape index (κ2) is 13.3. The van der Waals surface area contributed by atoms with Crippen molar-refractivity contribution >= 4 is 29.4 Å². The van der Waals surface area contributed by atoms with E-state index in [1.165, 1.54) is 6.07 Å². The summed E-state index contributed by atoms with van der Waals surface area (Å²) in [5, 5.41) is 10.7. The molecule has 4 amide bonds. The van der Waals surface area contributed by atoms with Crippen LogP contribution in [0.2, 0.25) is 0 Å². The van der Waals surface area contributed by atoms with Gasteiger partial charge in [-0.15, -0.1) is 0 Å². The summed E-state index contributed by atoms with van der Waals surface area (Å²) in [5.74, 6) is -5.58. The van der Waals surface area contributed by atoms with Crippen LogP contribution >= 0.6 is 0 Å². The van der Waals surface area contributed by atoms with Crippen LogP contribution in [0.15, 0.2) is 18.2 Å². The molecule has 3 rings (SSSR count). The highest BCUT2D eigenvalue weighted by atomic mass is 19.1. The SMILES string of the molecule is CCC(CC(=O)N[C@@H](CC(C)(C)C)C(=O)NC(CC1CCNC1=O)C(=O)C(=O)NC1CC1)c1ccc(F)cc1F. The van der Waals surface area contributed by atoms with Crippen LogP contribution in [-0.4, -0.2) is 54.1 Å². The molecule has 0 bridgehead atoms. The average Bonchev–Trinajstić information content (AvgIpc) is 3.59. The van der Waals surface area contributed by atoms with Crippen LogP contribution in [0.5, 0.6) is 0 Å². The zero-order chi connectivity index (χ0) is 29.6. The standard InChI is InChI=1S/C29H40F2N4O5/c1-5-16(20-9-6-18(30)14-21(20)31)13-24(36)34-23(15-29(2,3)4)27(39)35-22(12-17-10-11-32-26(17)38)25(37)28(40)33-19-7-8-19/h6,9,14,16-17,19,22-23H,5,7-8,10-13,15H2,1-4H3,(H,32,38)(H,33,40)(H,34,36)(H,35,39)/t16?,17?,22?,23-/m0/s1. The Hall–Kier alpha value is -3.37. The van der Waals surface area contributed by atoms with Crippen molar-refractivity contribution in [1.82, 2.24) is 21.3 Å². The first-order valence-corrected chi connectivity index (χ1v) is 13.9. The van der Waals surface area contributed by atoms with Gasteiger partial charge in [0.2, 0.25) is 23.5 Å². The van der Waals surface area contributed by atoms with E-state index in [1.807, 2.05) is 20.8 Å². The smallest absolute Gasteiger partial charge is 0.289 e. The minimum Gasteiger partial charge on any atom is -0.356 e. The fourth-order valence-corrected chi connectivity index (χ4v) is 4.91. The number of rotatable bonds is 13. The largest absolute Gasteiger partial charge is 0.356 e. The summed E-state index contributed by atoms with van der Waals surface area (Å²) in [7, 11) is 0. The summed E-state index contributed by atoms with van der Waals surface area (Å²) < 4.78 is 27.8. The van der Waals surface area contributed by atoms with Gasteiger partial charge in [0, 0.05) is 31.0 Å². The molecule has 40 heavy (non-hydrogen) atoms. The van der Waals surface area contributed by atoms with Gasteiger partial charge >= 0.3 is 0 Å². The quantitative estimate of drug-likeness (QED) is 0.274. The molecular formula is C29H40F2N4O5.